The van der Waals surface area contributed by atoms with Gasteiger partial charge in [0.25, 0.3) is 11.7 Å². The molecule has 8 heteroatoms. The minimum Gasteiger partial charge on any atom is -0.507 e. The zero-order valence-corrected chi connectivity index (χ0v) is 19.4. The fourth-order valence-electron chi connectivity index (χ4n) is 4.30. The molecular formula is C26H29FN2O5. The lowest BCUT2D eigenvalue weighted by Gasteiger charge is -2.31. The number of benzene rings is 2. The average molecular weight is 469 g/mol. The number of Topliss-reactive ketones (excluding diaryl/α,β-unsaturated/α-hetero) is 1. The van der Waals surface area contributed by atoms with Crippen molar-refractivity contribution in [2.75, 3.05) is 39.4 Å². The summed E-state index contributed by atoms with van der Waals surface area (Å²) in [5, 5.41) is 11.0. The highest BCUT2D eigenvalue weighted by Crippen LogP contribution is 2.39. The van der Waals surface area contributed by atoms with E-state index in [-0.39, 0.29) is 23.0 Å². The van der Waals surface area contributed by atoms with Crippen molar-refractivity contribution in [3.05, 3.63) is 71.0 Å². The summed E-state index contributed by atoms with van der Waals surface area (Å²) < 4.78 is 24.5. The van der Waals surface area contributed by atoms with E-state index in [1.165, 1.54) is 29.2 Å². The molecule has 1 N–H and O–H groups in total. The van der Waals surface area contributed by atoms with Crippen LogP contribution in [0.1, 0.15) is 31.0 Å². The van der Waals surface area contributed by atoms with Crippen LogP contribution in [0, 0.1) is 5.82 Å². The monoisotopic (exact) mass is 468 g/mol. The highest BCUT2D eigenvalue weighted by molar-refractivity contribution is 6.46. The Morgan fingerprint density at radius 1 is 1.06 bits per heavy atom. The van der Waals surface area contributed by atoms with Crippen LogP contribution >= 0.6 is 0 Å². The maximum absolute atomic E-state index is 13.4. The molecule has 1 amide bonds. The lowest BCUT2D eigenvalue weighted by Crippen LogP contribution is -2.42. The van der Waals surface area contributed by atoms with E-state index in [0.717, 1.165) is 13.1 Å². The highest BCUT2D eigenvalue weighted by atomic mass is 19.1. The van der Waals surface area contributed by atoms with Crippen molar-refractivity contribution in [3.63, 3.8) is 0 Å². The molecule has 2 aliphatic heterocycles. The first-order valence-electron chi connectivity index (χ1n) is 11.5. The van der Waals surface area contributed by atoms with E-state index < -0.39 is 23.5 Å². The summed E-state index contributed by atoms with van der Waals surface area (Å²) in [7, 11) is 0. The third kappa shape index (κ3) is 5.13. The molecule has 0 aromatic heterocycles. The molecule has 0 radical (unpaired) electrons. The second-order valence-corrected chi connectivity index (χ2v) is 8.69. The number of hydrogen-bond donors (Lipinski definition) is 1. The molecule has 0 spiro atoms. The number of halogens is 1. The van der Waals surface area contributed by atoms with E-state index in [1.54, 1.807) is 24.3 Å². The van der Waals surface area contributed by atoms with Gasteiger partial charge in [-0.25, -0.2) is 4.39 Å². The highest BCUT2D eigenvalue weighted by Gasteiger charge is 2.46. The van der Waals surface area contributed by atoms with Gasteiger partial charge in [0.15, 0.2) is 0 Å². The van der Waals surface area contributed by atoms with E-state index >= 15 is 0 Å². The number of hydrogen-bond acceptors (Lipinski definition) is 6. The topological polar surface area (TPSA) is 79.3 Å². The van der Waals surface area contributed by atoms with Crippen molar-refractivity contribution in [1.82, 2.24) is 9.80 Å². The van der Waals surface area contributed by atoms with Gasteiger partial charge in [0.1, 0.15) is 17.3 Å². The van der Waals surface area contributed by atoms with Gasteiger partial charge in [-0.05, 0) is 55.8 Å². The fourth-order valence-corrected chi connectivity index (χ4v) is 4.30. The molecule has 7 nitrogen and oxygen atoms in total. The molecule has 2 aromatic carbocycles. The van der Waals surface area contributed by atoms with E-state index in [9.17, 15) is 19.1 Å². The molecule has 1 atom stereocenters. The molecule has 2 fully saturated rings. The van der Waals surface area contributed by atoms with Crippen molar-refractivity contribution in [1.29, 1.82) is 0 Å². The van der Waals surface area contributed by atoms with E-state index in [1.807, 2.05) is 13.8 Å². The van der Waals surface area contributed by atoms with Gasteiger partial charge in [0.2, 0.25) is 0 Å². The van der Waals surface area contributed by atoms with Crippen molar-refractivity contribution in [2.24, 2.45) is 0 Å². The molecule has 34 heavy (non-hydrogen) atoms. The summed E-state index contributed by atoms with van der Waals surface area (Å²) in [5.74, 6) is -1.53. The number of amides is 1. The molecule has 0 unspecified atom stereocenters. The number of likely N-dealkylation sites (tertiary alicyclic amines) is 1. The Labute approximate surface area is 198 Å². The fraction of sp³-hybridized carbons (Fsp3) is 0.385. The predicted molar refractivity (Wildman–Crippen MR) is 125 cm³/mol. The summed E-state index contributed by atoms with van der Waals surface area (Å²) in [5.41, 5.74) is 0.953. The number of morpholine rings is 1. The Morgan fingerprint density at radius 3 is 2.32 bits per heavy atom. The molecule has 0 saturated carbocycles. The zero-order chi connectivity index (χ0) is 24.2. The molecule has 0 bridgehead atoms. The van der Waals surface area contributed by atoms with Crippen LogP contribution in [0.15, 0.2) is 54.1 Å². The van der Waals surface area contributed by atoms with E-state index in [2.05, 4.69) is 4.90 Å². The Bertz CT molecular complexity index is 1060. The van der Waals surface area contributed by atoms with Gasteiger partial charge in [-0.1, -0.05) is 12.1 Å². The lowest BCUT2D eigenvalue weighted by molar-refractivity contribution is -0.140. The number of aliphatic hydroxyl groups excluding tert-OH is 1. The summed E-state index contributed by atoms with van der Waals surface area (Å²) in [4.78, 5) is 29.9. The third-order valence-corrected chi connectivity index (χ3v) is 5.99. The quantitative estimate of drug-likeness (QED) is 0.381. The first-order valence-corrected chi connectivity index (χ1v) is 11.5. The van der Waals surface area contributed by atoms with Gasteiger partial charge in [-0.15, -0.1) is 0 Å². The van der Waals surface area contributed by atoms with Gasteiger partial charge in [-0.2, -0.15) is 0 Å². The number of ether oxygens (including phenoxy) is 2. The standard InChI is InChI=1S/C26H29FN2O5/c1-17(2)34-21-9-5-18(6-10-21)23-22(24(30)19-3-7-20(27)8-4-19)25(31)26(32)29(23)12-11-28-13-15-33-16-14-28/h3-10,17,23,30H,11-16H2,1-2H3/t23-/m0/s1. The zero-order valence-electron chi connectivity index (χ0n) is 19.4. The molecule has 2 aromatic rings. The van der Waals surface area contributed by atoms with Gasteiger partial charge in [-0.3, -0.25) is 14.5 Å². The molecule has 4 rings (SSSR count). The summed E-state index contributed by atoms with van der Waals surface area (Å²) in [6.07, 6.45) is 0.00323. The Kier molecular flexibility index (Phi) is 7.29. The maximum atomic E-state index is 13.4. The number of aliphatic hydroxyl groups is 1. The second-order valence-electron chi connectivity index (χ2n) is 8.69. The first-order chi connectivity index (χ1) is 16.3. The minimum atomic E-state index is -0.765. The van der Waals surface area contributed by atoms with E-state index in [4.69, 9.17) is 9.47 Å². The van der Waals surface area contributed by atoms with Gasteiger partial charge >= 0.3 is 0 Å². The summed E-state index contributed by atoms with van der Waals surface area (Å²) in [6.45, 7) is 7.52. The van der Waals surface area contributed by atoms with Crippen molar-refractivity contribution < 1.29 is 28.6 Å². The largest absolute Gasteiger partial charge is 0.507 e. The third-order valence-electron chi connectivity index (χ3n) is 5.99. The van der Waals surface area contributed by atoms with Crippen LogP contribution in [0.25, 0.3) is 5.76 Å². The van der Waals surface area contributed by atoms with Crippen LogP contribution < -0.4 is 4.74 Å². The van der Waals surface area contributed by atoms with Crippen molar-refractivity contribution in [3.8, 4) is 5.75 Å². The van der Waals surface area contributed by atoms with Crippen LogP contribution in [-0.2, 0) is 14.3 Å². The summed E-state index contributed by atoms with van der Waals surface area (Å²) >= 11 is 0. The van der Waals surface area contributed by atoms with Crippen LogP contribution in [-0.4, -0.2) is 72.1 Å². The number of carbonyl (C=O) groups excluding carboxylic acids is 2. The van der Waals surface area contributed by atoms with E-state index in [0.29, 0.717) is 37.6 Å². The van der Waals surface area contributed by atoms with Gasteiger partial charge < -0.3 is 19.5 Å². The number of rotatable bonds is 7. The number of nitrogens with zero attached hydrogens (tertiary/aromatic N) is 2. The van der Waals surface area contributed by atoms with Gasteiger partial charge in [0, 0.05) is 31.7 Å². The molecule has 2 saturated heterocycles. The molecule has 2 aliphatic rings. The van der Waals surface area contributed by atoms with Crippen molar-refractivity contribution >= 4 is 17.4 Å². The van der Waals surface area contributed by atoms with Crippen LogP contribution in [0.3, 0.4) is 0 Å². The van der Waals surface area contributed by atoms with Crippen LogP contribution in [0.4, 0.5) is 4.39 Å². The van der Waals surface area contributed by atoms with Crippen LogP contribution in [0.5, 0.6) is 5.75 Å². The minimum absolute atomic E-state index is 0.00323. The molecular weight excluding hydrogens is 439 g/mol. The SMILES string of the molecule is CC(C)Oc1ccc([C@H]2C(=C(O)c3ccc(F)cc3)C(=O)C(=O)N2CCN2CCOCC2)cc1. The normalized spacial score (nSPS) is 20.8. The van der Waals surface area contributed by atoms with Crippen molar-refractivity contribution in [2.45, 2.75) is 26.0 Å². The Balaban J connectivity index is 1.71. The van der Waals surface area contributed by atoms with Crippen LogP contribution in [0.2, 0.25) is 0 Å². The molecule has 0 aliphatic carbocycles. The van der Waals surface area contributed by atoms with Gasteiger partial charge in [0.05, 0.1) is 30.9 Å². The molecule has 2 heterocycles. The summed E-state index contributed by atoms with van der Waals surface area (Å²) in [6, 6.07) is 11.6. The number of carbonyl (C=O) groups is 2. The predicted octanol–water partition coefficient (Wildman–Crippen LogP) is 3.37. The maximum Gasteiger partial charge on any atom is 0.295 e. The Morgan fingerprint density at radius 2 is 1.71 bits per heavy atom. The number of ketones is 1. The lowest BCUT2D eigenvalue weighted by atomic mass is 9.95. The smallest absolute Gasteiger partial charge is 0.295 e. The Hall–Kier alpha value is -3.23. The second kappa shape index (κ2) is 10.4. The first kappa shape index (κ1) is 23.9. The molecule has 180 valence electrons. The average Bonchev–Trinajstić information content (AvgIpc) is 3.08.